The summed E-state index contributed by atoms with van der Waals surface area (Å²) >= 11 is 0. The molecule has 0 amide bonds. The molecule has 1 fully saturated rings. The van der Waals surface area contributed by atoms with E-state index in [2.05, 4.69) is 74.3 Å². The van der Waals surface area contributed by atoms with Gasteiger partial charge < -0.3 is 14.7 Å². The molecule has 0 saturated carbocycles. The van der Waals surface area contributed by atoms with E-state index in [0.29, 0.717) is 0 Å². The van der Waals surface area contributed by atoms with Crippen LogP contribution in [-0.2, 0) is 6.42 Å². The fourth-order valence-corrected chi connectivity index (χ4v) is 4.22. The average Bonchev–Trinajstić information content (AvgIpc) is 2.79. The normalized spacial score (nSPS) is 16.8. The number of hydrogen-bond donors (Lipinski definition) is 0. The van der Waals surface area contributed by atoms with Crippen LogP contribution in [0.5, 0.6) is 0 Å². The van der Waals surface area contributed by atoms with Gasteiger partial charge in [-0.2, -0.15) is 4.98 Å². The first-order chi connectivity index (χ1) is 13.9. The van der Waals surface area contributed by atoms with Crippen molar-refractivity contribution in [2.24, 2.45) is 0 Å². The Morgan fingerprint density at radius 2 is 1.46 bits per heavy atom. The van der Waals surface area contributed by atoms with E-state index in [9.17, 15) is 0 Å². The highest BCUT2D eigenvalue weighted by Crippen LogP contribution is 2.32. The monoisotopic (exact) mass is 371 g/mol. The average molecular weight is 371 g/mol. The van der Waals surface area contributed by atoms with Gasteiger partial charge in [0.1, 0.15) is 5.82 Å². The molecule has 28 heavy (non-hydrogen) atoms. The van der Waals surface area contributed by atoms with Crippen molar-refractivity contribution in [3.63, 3.8) is 0 Å². The zero-order valence-corrected chi connectivity index (χ0v) is 16.0. The van der Waals surface area contributed by atoms with Gasteiger partial charge in [0.25, 0.3) is 0 Å². The van der Waals surface area contributed by atoms with Crippen LogP contribution in [0, 0.1) is 0 Å². The molecule has 5 nitrogen and oxygen atoms in total. The van der Waals surface area contributed by atoms with Crippen LogP contribution in [-0.4, -0.2) is 42.7 Å². The predicted octanol–water partition coefficient (Wildman–Crippen LogP) is 3.89. The molecular formula is C23H25N5. The molecule has 0 bridgehead atoms. The van der Waals surface area contributed by atoms with Crippen LogP contribution in [0.4, 0.5) is 23.1 Å². The third-order valence-corrected chi connectivity index (χ3v) is 5.70. The highest BCUT2D eigenvalue weighted by atomic mass is 15.3. The third kappa shape index (κ3) is 3.28. The second-order valence-electron chi connectivity index (χ2n) is 7.41. The minimum Gasteiger partial charge on any atom is -0.368 e. The van der Waals surface area contributed by atoms with Crippen LogP contribution >= 0.6 is 0 Å². The summed E-state index contributed by atoms with van der Waals surface area (Å²) in [7, 11) is 0. The first-order valence-electron chi connectivity index (χ1n) is 10.1. The Balaban J connectivity index is 1.33. The molecule has 5 heteroatoms. The van der Waals surface area contributed by atoms with E-state index in [1.54, 1.807) is 0 Å². The SMILES string of the molecule is c1ccc(N2CCN(c3ccnc(N4CCCc5ccccc54)n3)CC2)cc1. The summed E-state index contributed by atoms with van der Waals surface area (Å²) < 4.78 is 0. The summed E-state index contributed by atoms with van der Waals surface area (Å²) in [6.45, 7) is 4.94. The Hall–Kier alpha value is -3.08. The lowest BCUT2D eigenvalue weighted by atomic mass is 10.0. The zero-order chi connectivity index (χ0) is 18.8. The molecule has 5 rings (SSSR count). The molecule has 2 aromatic carbocycles. The Kier molecular flexibility index (Phi) is 4.57. The van der Waals surface area contributed by atoms with Gasteiger partial charge in [0.05, 0.1) is 0 Å². The molecule has 3 heterocycles. The molecule has 3 aromatic rings. The molecule has 0 radical (unpaired) electrons. The number of nitrogens with zero attached hydrogens (tertiary/aromatic N) is 5. The molecular weight excluding hydrogens is 346 g/mol. The van der Waals surface area contributed by atoms with Gasteiger partial charge in [-0.1, -0.05) is 36.4 Å². The second-order valence-corrected chi connectivity index (χ2v) is 7.41. The third-order valence-electron chi connectivity index (χ3n) is 5.70. The molecule has 2 aliphatic rings. The maximum Gasteiger partial charge on any atom is 0.231 e. The Morgan fingerprint density at radius 3 is 2.32 bits per heavy atom. The van der Waals surface area contributed by atoms with Crippen molar-refractivity contribution in [2.45, 2.75) is 12.8 Å². The van der Waals surface area contributed by atoms with Gasteiger partial charge in [-0.05, 0) is 42.7 Å². The topological polar surface area (TPSA) is 35.5 Å². The fraction of sp³-hybridized carbons (Fsp3) is 0.304. The summed E-state index contributed by atoms with van der Waals surface area (Å²) in [5, 5.41) is 0. The van der Waals surface area contributed by atoms with Crippen LogP contribution in [0.3, 0.4) is 0 Å². The van der Waals surface area contributed by atoms with Gasteiger partial charge in [0, 0.05) is 50.3 Å². The van der Waals surface area contributed by atoms with Gasteiger partial charge in [0.2, 0.25) is 5.95 Å². The van der Waals surface area contributed by atoms with Crippen molar-refractivity contribution >= 4 is 23.1 Å². The first kappa shape index (κ1) is 17.0. The first-order valence-corrected chi connectivity index (χ1v) is 10.1. The van der Waals surface area contributed by atoms with E-state index in [1.165, 1.54) is 16.9 Å². The Morgan fingerprint density at radius 1 is 0.714 bits per heavy atom. The molecule has 142 valence electrons. The number of benzene rings is 2. The van der Waals surface area contributed by atoms with Gasteiger partial charge in [-0.25, -0.2) is 4.98 Å². The summed E-state index contributed by atoms with van der Waals surface area (Å²) in [4.78, 5) is 16.6. The maximum absolute atomic E-state index is 4.94. The Labute approximate surface area is 166 Å². The van der Waals surface area contributed by atoms with Crippen molar-refractivity contribution in [1.82, 2.24) is 9.97 Å². The summed E-state index contributed by atoms with van der Waals surface area (Å²) in [6.07, 6.45) is 4.17. The van der Waals surface area contributed by atoms with E-state index in [-0.39, 0.29) is 0 Å². The van der Waals surface area contributed by atoms with Gasteiger partial charge in [-0.3, -0.25) is 0 Å². The van der Waals surface area contributed by atoms with Crippen molar-refractivity contribution in [2.75, 3.05) is 47.4 Å². The maximum atomic E-state index is 4.94. The van der Waals surface area contributed by atoms with Crippen LogP contribution < -0.4 is 14.7 Å². The minimum absolute atomic E-state index is 0.815. The number of fused-ring (bicyclic) bond motifs is 1. The van der Waals surface area contributed by atoms with E-state index in [4.69, 9.17) is 4.98 Å². The molecule has 1 aromatic heterocycles. The number of aryl methyl sites for hydroxylation is 1. The number of aromatic nitrogens is 2. The fourth-order valence-electron chi connectivity index (χ4n) is 4.22. The van der Waals surface area contributed by atoms with Gasteiger partial charge >= 0.3 is 0 Å². The number of rotatable bonds is 3. The predicted molar refractivity (Wildman–Crippen MR) is 115 cm³/mol. The van der Waals surface area contributed by atoms with Crippen LogP contribution in [0.1, 0.15) is 12.0 Å². The molecule has 0 aliphatic carbocycles. The highest BCUT2D eigenvalue weighted by Gasteiger charge is 2.22. The Bertz CT molecular complexity index is 934. The van der Waals surface area contributed by atoms with Crippen molar-refractivity contribution in [3.05, 3.63) is 72.4 Å². The molecule has 0 unspecified atom stereocenters. The summed E-state index contributed by atoms with van der Waals surface area (Å²) in [5.41, 5.74) is 3.94. The van der Waals surface area contributed by atoms with E-state index >= 15 is 0 Å². The lowest BCUT2D eigenvalue weighted by molar-refractivity contribution is 0.645. The summed E-state index contributed by atoms with van der Waals surface area (Å²) in [6, 6.07) is 21.3. The lowest BCUT2D eigenvalue weighted by Crippen LogP contribution is -2.47. The van der Waals surface area contributed by atoms with Crippen LogP contribution in [0.25, 0.3) is 0 Å². The minimum atomic E-state index is 0.815. The second kappa shape index (κ2) is 7.50. The quantitative estimate of drug-likeness (QED) is 0.698. The smallest absolute Gasteiger partial charge is 0.231 e. The van der Waals surface area contributed by atoms with Crippen molar-refractivity contribution in [1.29, 1.82) is 0 Å². The lowest BCUT2D eigenvalue weighted by Gasteiger charge is -2.37. The molecule has 0 N–H and O–H groups in total. The van der Waals surface area contributed by atoms with Gasteiger partial charge in [0.15, 0.2) is 0 Å². The number of hydrogen-bond acceptors (Lipinski definition) is 5. The van der Waals surface area contributed by atoms with Crippen molar-refractivity contribution in [3.8, 4) is 0 Å². The van der Waals surface area contributed by atoms with Crippen molar-refractivity contribution < 1.29 is 0 Å². The van der Waals surface area contributed by atoms with Gasteiger partial charge in [-0.15, -0.1) is 0 Å². The van der Waals surface area contributed by atoms with E-state index in [0.717, 1.165) is 57.3 Å². The van der Waals surface area contributed by atoms with Crippen LogP contribution in [0.2, 0.25) is 0 Å². The molecule has 0 atom stereocenters. The van der Waals surface area contributed by atoms with E-state index in [1.807, 2.05) is 12.3 Å². The number of anilines is 4. The molecule has 2 aliphatic heterocycles. The summed E-state index contributed by atoms with van der Waals surface area (Å²) in [5.74, 6) is 1.84. The molecule has 0 spiro atoms. The van der Waals surface area contributed by atoms with E-state index < -0.39 is 0 Å². The standard InChI is InChI=1S/C23H25N5/c1-2-9-20(10-3-1)26-15-17-27(18-16-26)22-12-13-24-23(25-22)28-14-6-8-19-7-4-5-11-21(19)28/h1-5,7,9-13H,6,8,14-18H2. The number of para-hydroxylation sites is 2. The molecule has 1 saturated heterocycles. The zero-order valence-electron chi connectivity index (χ0n) is 16.0. The number of piperazine rings is 1. The largest absolute Gasteiger partial charge is 0.368 e. The van der Waals surface area contributed by atoms with Crippen LogP contribution in [0.15, 0.2) is 66.9 Å². The highest BCUT2D eigenvalue weighted by molar-refractivity contribution is 5.64.